The summed E-state index contributed by atoms with van der Waals surface area (Å²) in [5, 5.41) is 0. The summed E-state index contributed by atoms with van der Waals surface area (Å²) >= 11 is 0. The van der Waals surface area contributed by atoms with Crippen LogP contribution < -0.4 is 10.5 Å². The van der Waals surface area contributed by atoms with Crippen molar-refractivity contribution in [2.24, 2.45) is 5.73 Å². The number of nitrogens with zero attached hydrogens (tertiary/aromatic N) is 1. The first-order valence-electron chi connectivity index (χ1n) is 5.75. The first-order chi connectivity index (χ1) is 8.21. The van der Waals surface area contributed by atoms with Crippen molar-refractivity contribution < 1.29 is 4.74 Å². The van der Waals surface area contributed by atoms with Gasteiger partial charge in [-0.3, -0.25) is 0 Å². The molecule has 92 valence electrons. The summed E-state index contributed by atoms with van der Waals surface area (Å²) in [5.41, 5.74) is 7.50. The Bertz CT molecular complexity index is 418. The van der Waals surface area contributed by atoms with Crippen LogP contribution in [-0.2, 0) is 6.54 Å². The standard InChI is InChI=1S/C14H20N2O/c1-4-16(2)11-13-10-12(6-5-9-15)7-8-14(13)17-3/h7-8,10H,4,9,11,15H2,1-3H3. The van der Waals surface area contributed by atoms with E-state index in [-0.39, 0.29) is 0 Å². The van der Waals surface area contributed by atoms with Gasteiger partial charge in [-0.1, -0.05) is 18.8 Å². The molecule has 0 aliphatic rings. The zero-order valence-electron chi connectivity index (χ0n) is 10.8. The molecule has 0 amide bonds. The molecule has 0 fully saturated rings. The van der Waals surface area contributed by atoms with Crippen molar-refractivity contribution in [1.29, 1.82) is 0 Å². The van der Waals surface area contributed by atoms with E-state index in [0.717, 1.165) is 30.0 Å². The van der Waals surface area contributed by atoms with E-state index in [2.05, 4.69) is 36.8 Å². The zero-order chi connectivity index (χ0) is 12.7. The van der Waals surface area contributed by atoms with Crippen molar-refractivity contribution in [2.75, 3.05) is 27.2 Å². The van der Waals surface area contributed by atoms with Crippen molar-refractivity contribution in [3.05, 3.63) is 29.3 Å². The predicted octanol–water partition coefficient (Wildman–Crippen LogP) is 1.46. The van der Waals surface area contributed by atoms with Crippen LogP contribution in [0.4, 0.5) is 0 Å². The van der Waals surface area contributed by atoms with E-state index in [4.69, 9.17) is 10.5 Å². The molecule has 17 heavy (non-hydrogen) atoms. The van der Waals surface area contributed by atoms with Gasteiger partial charge in [0.1, 0.15) is 5.75 Å². The fourth-order valence-corrected chi connectivity index (χ4v) is 1.54. The van der Waals surface area contributed by atoms with E-state index < -0.39 is 0 Å². The van der Waals surface area contributed by atoms with Gasteiger partial charge >= 0.3 is 0 Å². The second kappa shape index (κ2) is 6.95. The smallest absolute Gasteiger partial charge is 0.123 e. The lowest BCUT2D eigenvalue weighted by atomic mass is 10.1. The molecule has 0 spiro atoms. The minimum Gasteiger partial charge on any atom is -0.496 e. The molecule has 0 unspecified atom stereocenters. The van der Waals surface area contributed by atoms with Gasteiger partial charge in [0, 0.05) is 17.7 Å². The number of benzene rings is 1. The van der Waals surface area contributed by atoms with E-state index in [1.807, 2.05) is 12.1 Å². The number of nitrogens with two attached hydrogens (primary N) is 1. The molecule has 1 aromatic carbocycles. The molecule has 0 bridgehead atoms. The number of hydrogen-bond donors (Lipinski definition) is 1. The number of rotatable bonds is 4. The number of hydrogen-bond acceptors (Lipinski definition) is 3. The molecule has 0 aliphatic heterocycles. The van der Waals surface area contributed by atoms with Crippen molar-refractivity contribution in [3.8, 4) is 17.6 Å². The van der Waals surface area contributed by atoms with Gasteiger partial charge < -0.3 is 15.4 Å². The fourth-order valence-electron chi connectivity index (χ4n) is 1.54. The Morgan fingerprint density at radius 1 is 1.41 bits per heavy atom. The molecule has 0 saturated heterocycles. The highest BCUT2D eigenvalue weighted by molar-refractivity contribution is 5.44. The summed E-state index contributed by atoms with van der Waals surface area (Å²) in [5.74, 6) is 6.80. The van der Waals surface area contributed by atoms with Gasteiger partial charge in [-0.05, 0) is 31.8 Å². The summed E-state index contributed by atoms with van der Waals surface area (Å²) in [6.45, 7) is 4.38. The normalized spacial score (nSPS) is 9.94. The quantitative estimate of drug-likeness (QED) is 0.799. The van der Waals surface area contributed by atoms with E-state index in [1.165, 1.54) is 0 Å². The van der Waals surface area contributed by atoms with Crippen molar-refractivity contribution in [3.63, 3.8) is 0 Å². The van der Waals surface area contributed by atoms with Crippen molar-refractivity contribution in [1.82, 2.24) is 4.90 Å². The van der Waals surface area contributed by atoms with Crippen molar-refractivity contribution >= 4 is 0 Å². The molecule has 0 saturated carbocycles. The third-order valence-corrected chi connectivity index (χ3v) is 2.60. The first-order valence-corrected chi connectivity index (χ1v) is 5.75. The average molecular weight is 232 g/mol. The Balaban J connectivity index is 2.97. The summed E-state index contributed by atoms with van der Waals surface area (Å²) in [7, 11) is 3.77. The predicted molar refractivity (Wildman–Crippen MR) is 70.9 cm³/mol. The molecule has 2 N–H and O–H groups in total. The Hall–Kier alpha value is -1.50. The highest BCUT2D eigenvalue weighted by Crippen LogP contribution is 2.20. The fraction of sp³-hybridized carbons (Fsp3) is 0.429. The monoisotopic (exact) mass is 232 g/mol. The van der Waals surface area contributed by atoms with Gasteiger partial charge in [0.2, 0.25) is 0 Å². The van der Waals surface area contributed by atoms with E-state index >= 15 is 0 Å². The van der Waals surface area contributed by atoms with Gasteiger partial charge in [-0.15, -0.1) is 0 Å². The second-order valence-corrected chi connectivity index (χ2v) is 3.86. The Morgan fingerprint density at radius 3 is 2.76 bits per heavy atom. The minimum absolute atomic E-state index is 0.385. The maximum absolute atomic E-state index is 5.37. The van der Waals surface area contributed by atoms with E-state index in [9.17, 15) is 0 Å². The third-order valence-electron chi connectivity index (χ3n) is 2.60. The van der Waals surface area contributed by atoms with Gasteiger partial charge in [0.05, 0.1) is 13.7 Å². The van der Waals surface area contributed by atoms with Crippen LogP contribution in [0.5, 0.6) is 5.75 Å². The SMILES string of the molecule is CCN(C)Cc1cc(C#CCN)ccc1OC. The molecular weight excluding hydrogens is 212 g/mol. The maximum atomic E-state index is 5.37. The van der Waals surface area contributed by atoms with Crippen LogP contribution in [0.15, 0.2) is 18.2 Å². The summed E-state index contributed by atoms with van der Waals surface area (Å²) in [4.78, 5) is 2.22. The molecular formula is C14H20N2O. The highest BCUT2D eigenvalue weighted by Gasteiger charge is 2.05. The first kappa shape index (κ1) is 13.6. The Morgan fingerprint density at radius 2 is 2.18 bits per heavy atom. The van der Waals surface area contributed by atoms with Gasteiger partial charge in [0.25, 0.3) is 0 Å². The molecule has 3 nitrogen and oxygen atoms in total. The summed E-state index contributed by atoms with van der Waals surface area (Å²) in [6, 6.07) is 5.98. The molecule has 0 aliphatic carbocycles. The molecule has 1 aromatic rings. The number of ether oxygens (including phenoxy) is 1. The lowest BCUT2D eigenvalue weighted by Crippen LogP contribution is -2.17. The molecule has 3 heteroatoms. The van der Waals surface area contributed by atoms with Crippen LogP contribution in [0.3, 0.4) is 0 Å². The number of methoxy groups -OCH3 is 1. The third kappa shape index (κ3) is 4.10. The summed E-state index contributed by atoms with van der Waals surface area (Å²) in [6.07, 6.45) is 0. The van der Waals surface area contributed by atoms with Crippen LogP contribution in [0.25, 0.3) is 0 Å². The second-order valence-electron chi connectivity index (χ2n) is 3.86. The van der Waals surface area contributed by atoms with Crippen LogP contribution >= 0.6 is 0 Å². The molecule has 1 rings (SSSR count). The molecule has 0 radical (unpaired) electrons. The lowest BCUT2D eigenvalue weighted by molar-refractivity contribution is 0.333. The van der Waals surface area contributed by atoms with Crippen LogP contribution in [0, 0.1) is 11.8 Å². The van der Waals surface area contributed by atoms with Gasteiger partial charge in [-0.2, -0.15) is 0 Å². The largest absolute Gasteiger partial charge is 0.496 e. The molecule has 0 atom stereocenters. The Kier molecular flexibility index (Phi) is 5.55. The van der Waals surface area contributed by atoms with E-state index in [0.29, 0.717) is 6.54 Å². The topological polar surface area (TPSA) is 38.5 Å². The zero-order valence-corrected chi connectivity index (χ0v) is 10.8. The van der Waals surface area contributed by atoms with Gasteiger partial charge in [-0.25, -0.2) is 0 Å². The lowest BCUT2D eigenvalue weighted by Gasteiger charge is -2.16. The minimum atomic E-state index is 0.385. The molecule has 0 heterocycles. The van der Waals surface area contributed by atoms with E-state index in [1.54, 1.807) is 7.11 Å². The average Bonchev–Trinajstić information content (AvgIpc) is 2.36. The van der Waals surface area contributed by atoms with Crippen LogP contribution in [-0.4, -0.2) is 32.1 Å². The summed E-state index contributed by atoms with van der Waals surface area (Å²) < 4.78 is 5.35. The Labute approximate surface area is 104 Å². The molecule has 0 aromatic heterocycles. The van der Waals surface area contributed by atoms with Gasteiger partial charge in [0.15, 0.2) is 0 Å². The van der Waals surface area contributed by atoms with Crippen LogP contribution in [0.2, 0.25) is 0 Å². The maximum Gasteiger partial charge on any atom is 0.123 e. The van der Waals surface area contributed by atoms with Crippen LogP contribution in [0.1, 0.15) is 18.1 Å². The van der Waals surface area contributed by atoms with Crippen molar-refractivity contribution in [2.45, 2.75) is 13.5 Å². The highest BCUT2D eigenvalue weighted by atomic mass is 16.5.